The Kier molecular flexibility index (Phi) is 4.72. The number of allylic oxidation sites excluding steroid dienone is 1. The molecule has 0 fully saturated rings. The van der Waals surface area contributed by atoms with Gasteiger partial charge in [0, 0.05) is 12.5 Å². The summed E-state index contributed by atoms with van der Waals surface area (Å²) in [6.07, 6.45) is 2.60. The Morgan fingerprint density at radius 3 is 3.06 bits per heavy atom. The lowest BCUT2D eigenvalue weighted by molar-refractivity contribution is -0.116. The highest BCUT2D eigenvalue weighted by molar-refractivity contribution is 6.29. The van der Waals surface area contributed by atoms with Crippen molar-refractivity contribution in [3.8, 4) is 5.88 Å². The molecule has 1 amide bonds. The van der Waals surface area contributed by atoms with Crippen molar-refractivity contribution in [2.75, 3.05) is 12.4 Å². The third-order valence-electron chi connectivity index (χ3n) is 1.71. The highest BCUT2D eigenvalue weighted by atomic mass is 35.5. The number of aromatic nitrogens is 2. The first-order valence-electron chi connectivity index (χ1n) is 4.65. The van der Waals surface area contributed by atoms with Crippen LogP contribution in [-0.4, -0.2) is 23.0 Å². The summed E-state index contributed by atoms with van der Waals surface area (Å²) in [6.45, 7) is 3.53. The van der Waals surface area contributed by atoms with Crippen LogP contribution in [0.2, 0.25) is 5.15 Å². The van der Waals surface area contributed by atoms with E-state index in [1.807, 2.05) is 0 Å². The minimum absolute atomic E-state index is 0.137. The zero-order chi connectivity index (χ0) is 12.0. The van der Waals surface area contributed by atoms with Gasteiger partial charge in [0.1, 0.15) is 5.15 Å². The summed E-state index contributed by atoms with van der Waals surface area (Å²) in [5.41, 5.74) is 0. The van der Waals surface area contributed by atoms with E-state index in [1.54, 1.807) is 6.08 Å². The molecule has 0 aromatic carbocycles. The number of halogens is 1. The molecule has 1 aromatic rings. The molecule has 0 saturated carbocycles. The molecule has 0 unspecified atom stereocenters. The number of ether oxygens (including phenoxy) is 1. The van der Waals surface area contributed by atoms with Crippen LogP contribution >= 0.6 is 11.6 Å². The van der Waals surface area contributed by atoms with Gasteiger partial charge in [-0.15, -0.1) is 6.58 Å². The molecule has 1 aromatic heterocycles. The van der Waals surface area contributed by atoms with Crippen LogP contribution in [0.1, 0.15) is 12.8 Å². The molecule has 0 atom stereocenters. The summed E-state index contributed by atoms with van der Waals surface area (Å²) in [6, 6.07) is 1.46. The number of amides is 1. The number of rotatable bonds is 5. The molecule has 0 saturated heterocycles. The molecule has 1 heterocycles. The first kappa shape index (κ1) is 12.4. The third-order valence-corrected chi connectivity index (χ3v) is 1.90. The molecule has 0 aliphatic carbocycles. The lowest BCUT2D eigenvalue weighted by atomic mass is 10.3. The molecule has 0 aliphatic rings. The van der Waals surface area contributed by atoms with Gasteiger partial charge >= 0.3 is 0 Å². The van der Waals surface area contributed by atoms with E-state index in [9.17, 15) is 4.79 Å². The zero-order valence-corrected chi connectivity index (χ0v) is 9.62. The van der Waals surface area contributed by atoms with Crippen LogP contribution < -0.4 is 10.1 Å². The quantitative estimate of drug-likeness (QED) is 0.633. The average Bonchev–Trinajstić information content (AvgIpc) is 2.25. The van der Waals surface area contributed by atoms with Crippen molar-refractivity contribution in [2.24, 2.45) is 0 Å². The molecule has 0 radical (unpaired) electrons. The van der Waals surface area contributed by atoms with Crippen molar-refractivity contribution in [3.63, 3.8) is 0 Å². The minimum atomic E-state index is -0.191. The van der Waals surface area contributed by atoms with Gasteiger partial charge in [-0.25, -0.2) is 4.98 Å². The monoisotopic (exact) mass is 241 g/mol. The number of hydrogen-bond donors (Lipinski definition) is 1. The predicted octanol–water partition coefficient (Wildman–Crippen LogP) is 2.04. The Morgan fingerprint density at radius 1 is 1.69 bits per heavy atom. The van der Waals surface area contributed by atoms with E-state index in [0.717, 1.165) is 0 Å². The normalized spacial score (nSPS) is 9.62. The largest absolute Gasteiger partial charge is 0.481 e. The van der Waals surface area contributed by atoms with Crippen LogP contribution in [0, 0.1) is 0 Å². The Hall–Kier alpha value is -1.62. The van der Waals surface area contributed by atoms with E-state index in [2.05, 4.69) is 21.9 Å². The van der Waals surface area contributed by atoms with E-state index >= 15 is 0 Å². The van der Waals surface area contributed by atoms with Gasteiger partial charge in [0.05, 0.1) is 7.11 Å². The number of hydrogen-bond acceptors (Lipinski definition) is 4. The van der Waals surface area contributed by atoms with Crippen LogP contribution in [0.15, 0.2) is 18.7 Å². The summed E-state index contributed by atoms with van der Waals surface area (Å²) >= 11 is 5.72. The summed E-state index contributed by atoms with van der Waals surface area (Å²) in [7, 11) is 1.46. The molecule has 0 bridgehead atoms. The third kappa shape index (κ3) is 3.86. The number of nitrogens with one attached hydrogen (secondary N) is 1. The van der Waals surface area contributed by atoms with Crippen molar-refractivity contribution in [1.82, 2.24) is 9.97 Å². The Labute approximate surface area is 98.5 Å². The molecule has 5 nitrogen and oxygen atoms in total. The lowest BCUT2D eigenvalue weighted by Gasteiger charge is -2.04. The van der Waals surface area contributed by atoms with Crippen LogP contribution in [0.3, 0.4) is 0 Å². The first-order chi connectivity index (χ1) is 7.65. The van der Waals surface area contributed by atoms with Crippen molar-refractivity contribution in [1.29, 1.82) is 0 Å². The van der Waals surface area contributed by atoms with Crippen molar-refractivity contribution in [2.45, 2.75) is 12.8 Å². The maximum Gasteiger partial charge on any atom is 0.234 e. The first-order valence-corrected chi connectivity index (χ1v) is 5.03. The zero-order valence-electron chi connectivity index (χ0n) is 8.86. The lowest BCUT2D eigenvalue weighted by Crippen LogP contribution is -2.13. The summed E-state index contributed by atoms with van der Waals surface area (Å²) < 4.78 is 4.90. The number of carbonyl (C=O) groups is 1. The highest BCUT2D eigenvalue weighted by Gasteiger charge is 2.06. The van der Waals surface area contributed by atoms with Gasteiger partial charge in [-0.1, -0.05) is 17.7 Å². The van der Waals surface area contributed by atoms with Gasteiger partial charge in [0.2, 0.25) is 17.7 Å². The Bertz CT molecular complexity index is 396. The maximum absolute atomic E-state index is 11.4. The minimum Gasteiger partial charge on any atom is -0.481 e. The summed E-state index contributed by atoms with van der Waals surface area (Å²) in [5.74, 6) is 0.252. The van der Waals surface area contributed by atoms with Crippen LogP contribution in [0.5, 0.6) is 5.88 Å². The van der Waals surface area contributed by atoms with Gasteiger partial charge in [0.15, 0.2) is 0 Å². The van der Waals surface area contributed by atoms with E-state index in [-0.39, 0.29) is 17.0 Å². The topological polar surface area (TPSA) is 64.1 Å². The molecular weight excluding hydrogens is 230 g/mol. The van der Waals surface area contributed by atoms with Crippen LogP contribution in [0.25, 0.3) is 0 Å². The van der Waals surface area contributed by atoms with E-state index in [4.69, 9.17) is 16.3 Å². The predicted molar refractivity (Wildman–Crippen MR) is 61.7 cm³/mol. The fraction of sp³-hybridized carbons (Fsp3) is 0.300. The molecular formula is C10H12ClN3O2. The Morgan fingerprint density at radius 2 is 2.44 bits per heavy atom. The fourth-order valence-electron chi connectivity index (χ4n) is 0.978. The smallest absolute Gasteiger partial charge is 0.234 e. The van der Waals surface area contributed by atoms with Gasteiger partial charge < -0.3 is 4.74 Å². The van der Waals surface area contributed by atoms with Crippen LogP contribution in [-0.2, 0) is 4.79 Å². The standard InChI is InChI=1S/C10H12ClN3O2/c1-3-4-5-8(15)13-10-12-7(11)6-9(14-10)16-2/h3,6H,1,4-5H2,2H3,(H,12,13,14,15). The second-order valence-corrected chi connectivity index (χ2v) is 3.32. The van der Waals surface area contributed by atoms with Gasteiger partial charge in [-0.2, -0.15) is 4.98 Å². The average molecular weight is 242 g/mol. The van der Waals surface area contributed by atoms with E-state index in [1.165, 1.54) is 13.2 Å². The second kappa shape index (κ2) is 6.07. The number of carbonyl (C=O) groups excluding carboxylic acids is 1. The molecule has 0 spiro atoms. The van der Waals surface area contributed by atoms with Gasteiger partial charge in [-0.3, -0.25) is 10.1 Å². The van der Waals surface area contributed by atoms with Crippen molar-refractivity contribution >= 4 is 23.5 Å². The molecule has 6 heteroatoms. The summed E-state index contributed by atoms with van der Waals surface area (Å²) in [5, 5.41) is 2.73. The number of nitrogens with zero attached hydrogens (tertiary/aromatic N) is 2. The molecule has 0 aliphatic heterocycles. The fourth-order valence-corrected chi connectivity index (χ4v) is 1.15. The summed E-state index contributed by atoms with van der Waals surface area (Å²) in [4.78, 5) is 19.1. The SMILES string of the molecule is C=CCCC(=O)Nc1nc(Cl)cc(OC)n1. The maximum atomic E-state index is 11.4. The molecule has 1 N–H and O–H groups in total. The van der Waals surface area contributed by atoms with Crippen molar-refractivity contribution in [3.05, 3.63) is 23.9 Å². The number of anilines is 1. The highest BCUT2D eigenvalue weighted by Crippen LogP contribution is 2.15. The second-order valence-electron chi connectivity index (χ2n) is 2.93. The van der Waals surface area contributed by atoms with Gasteiger partial charge in [0.25, 0.3) is 0 Å². The Balaban J connectivity index is 2.69. The van der Waals surface area contributed by atoms with E-state index < -0.39 is 0 Å². The van der Waals surface area contributed by atoms with E-state index in [0.29, 0.717) is 18.7 Å². The van der Waals surface area contributed by atoms with Crippen molar-refractivity contribution < 1.29 is 9.53 Å². The van der Waals surface area contributed by atoms with Gasteiger partial charge in [-0.05, 0) is 6.42 Å². The molecule has 1 rings (SSSR count). The molecule has 86 valence electrons. The number of methoxy groups -OCH3 is 1. The molecule has 16 heavy (non-hydrogen) atoms. The van der Waals surface area contributed by atoms with Crippen LogP contribution in [0.4, 0.5) is 5.95 Å².